The molecule has 124 valence electrons. The number of amides is 1. The maximum absolute atomic E-state index is 13.5. The predicted octanol–water partition coefficient (Wildman–Crippen LogP) is 4.12. The summed E-state index contributed by atoms with van der Waals surface area (Å²) in [6.45, 7) is 5.87. The van der Waals surface area contributed by atoms with Crippen LogP contribution in [0, 0.1) is 5.82 Å². The molecule has 0 aliphatic heterocycles. The average Bonchev–Trinajstić information content (AvgIpc) is 2.82. The molecule has 1 aromatic heterocycles. The number of carbonyl (C=O) groups excluding carboxylic acids is 1. The zero-order valence-corrected chi connectivity index (χ0v) is 13.8. The minimum Gasteiger partial charge on any atom is -0.444 e. The van der Waals surface area contributed by atoms with E-state index in [0.717, 1.165) is 5.56 Å². The van der Waals surface area contributed by atoms with Crippen molar-refractivity contribution in [2.75, 3.05) is 10.6 Å². The molecule has 2 aromatic rings. The van der Waals surface area contributed by atoms with Crippen molar-refractivity contribution in [1.29, 1.82) is 0 Å². The number of aromatic nitrogens is 1. The van der Waals surface area contributed by atoms with Crippen LogP contribution in [0.15, 0.2) is 36.7 Å². The summed E-state index contributed by atoms with van der Waals surface area (Å²) in [7, 11) is 1.93. The van der Waals surface area contributed by atoms with Crippen molar-refractivity contribution >= 4 is 17.5 Å². The number of aryl methyl sites for hydroxylation is 1. The molecule has 2 N–H and O–H groups in total. The highest BCUT2D eigenvalue weighted by molar-refractivity contribution is 5.89. The molecule has 0 bridgehead atoms. The Kier molecular flexibility index (Phi) is 4.93. The standard InChI is InChI=1S/C17H22FN3O2/c1-17(2,3)23-16(22)20-14-6-5-13(18)9-15(14)19-10-12-7-8-21(4)11-12/h5-9,11,19H,10H2,1-4H3,(H,20,22). The number of carbonyl (C=O) groups is 1. The Morgan fingerprint density at radius 1 is 1.26 bits per heavy atom. The lowest BCUT2D eigenvalue weighted by molar-refractivity contribution is 0.0636. The van der Waals surface area contributed by atoms with Crippen LogP contribution < -0.4 is 10.6 Å². The first-order valence-corrected chi connectivity index (χ1v) is 7.37. The molecular formula is C17H22FN3O2. The summed E-state index contributed by atoms with van der Waals surface area (Å²) in [6, 6.07) is 6.11. The molecule has 2 rings (SSSR count). The number of rotatable bonds is 4. The molecule has 1 heterocycles. The quantitative estimate of drug-likeness (QED) is 0.891. The van der Waals surface area contributed by atoms with Crippen LogP contribution >= 0.6 is 0 Å². The van der Waals surface area contributed by atoms with Gasteiger partial charge in [0.2, 0.25) is 0 Å². The molecule has 1 amide bonds. The molecule has 0 saturated carbocycles. The van der Waals surface area contributed by atoms with Crippen molar-refractivity contribution in [2.24, 2.45) is 7.05 Å². The van der Waals surface area contributed by atoms with Gasteiger partial charge in [0.25, 0.3) is 0 Å². The number of nitrogens with zero attached hydrogens (tertiary/aromatic N) is 1. The van der Waals surface area contributed by atoms with E-state index >= 15 is 0 Å². The molecule has 0 radical (unpaired) electrons. The van der Waals surface area contributed by atoms with E-state index in [9.17, 15) is 9.18 Å². The normalized spacial score (nSPS) is 11.2. The van der Waals surface area contributed by atoms with Gasteiger partial charge in [0, 0.05) is 26.0 Å². The molecule has 1 aromatic carbocycles. The van der Waals surface area contributed by atoms with Gasteiger partial charge in [-0.3, -0.25) is 5.32 Å². The summed E-state index contributed by atoms with van der Waals surface area (Å²) in [4.78, 5) is 11.9. The van der Waals surface area contributed by atoms with Crippen LogP contribution in [0.4, 0.5) is 20.6 Å². The van der Waals surface area contributed by atoms with Crippen LogP contribution in [-0.2, 0) is 18.3 Å². The zero-order chi connectivity index (χ0) is 17.0. The topological polar surface area (TPSA) is 55.3 Å². The number of benzene rings is 1. The van der Waals surface area contributed by atoms with Crippen LogP contribution in [-0.4, -0.2) is 16.3 Å². The van der Waals surface area contributed by atoms with Gasteiger partial charge in [-0.15, -0.1) is 0 Å². The Morgan fingerprint density at radius 2 is 2.00 bits per heavy atom. The summed E-state index contributed by atoms with van der Waals surface area (Å²) in [6.07, 6.45) is 3.32. The van der Waals surface area contributed by atoms with Crippen molar-refractivity contribution in [3.63, 3.8) is 0 Å². The fourth-order valence-corrected chi connectivity index (χ4v) is 2.05. The van der Waals surface area contributed by atoms with E-state index in [1.807, 2.05) is 30.1 Å². The highest BCUT2D eigenvalue weighted by atomic mass is 19.1. The molecule has 0 spiro atoms. The highest BCUT2D eigenvalue weighted by Crippen LogP contribution is 2.24. The molecule has 0 fully saturated rings. The van der Waals surface area contributed by atoms with E-state index < -0.39 is 11.7 Å². The number of anilines is 2. The van der Waals surface area contributed by atoms with Gasteiger partial charge in [-0.2, -0.15) is 0 Å². The summed E-state index contributed by atoms with van der Waals surface area (Å²) in [5, 5.41) is 5.77. The molecule has 0 unspecified atom stereocenters. The summed E-state index contributed by atoms with van der Waals surface area (Å²) < 4.78 is 20.6. The fraction of sp³-hybridized carbons (Fsp3) is 0.353. The van der Waals surface area contributed by atoms with E-state index in [1.165, 1.54) is 18.2 Å². The van der Waals surface area contributed by atoms with Crippen LogP contribution in [0.1, 0.15) is 26.3 Å². The summed E-state index contributed by atoms with van der Waals surface area (Å²) in [5.41, 5.74) is 1.43. The molecule has 0 aliphatic carbocycles. The third-order valence-electron chi connectivity index (χ3n) is 2.99. The highest BCUT2D eigenvalue weighted by Gasteiger charge is 2.17. The van der Waals surface area contributed by atoms with Gasteiger partial charge < -0.3 is 14.6 Å². The van der Waals surface area contributed by atoms with Crippen molar-refractivity contribution in [3.05, 3.63) is 48.0 Å². The molecule has 0 aliphatic rings. The lowest BCUT2D eigenvalue weighted by Gasteiger charge is -2.20. The van der Waals surface area contributed by atoms with Gasteiger partial charge in [0.1, 0.15) is 11.4 Å². The van der Waals surface area contributed by atoms with Gasteiger partial charge in [-0.1, -0.05) is 0 Å². The Balaban J connectivity index is 2.09. The van der Waals surface area contributed by atoms with Crippen LogP contribution in [0.2, 0.25) is 0 Å². The molecule has 6 heteroatoms. The maximum atomic E-state index is 13.5. The minimum absolute atomic E-state index is 0.379. The third-order valence-corrected chi connectivity index (χ3v) is 2.99. The Hall–Kier alpha value is -2.50. The molecule has 0 saturated heterocycles. The predicted molar refractivity (Wildman–Crippen MR) is 89.0 cm³/mol. The van der Waals surface area contributed by atoms with Gasteiger partial charge in [-0.05, 0) is 50.6 Å². The molecule has 5 nitrogen and oxygen atoms in total. The van der Waals surface area contributed by atoms with Gasteiger partial charge in [-0.25, -0.2) is 9.18 Å². The Bertz CT molecular complexity index is 689. The molecular weight excluding hydrogens is 297 g/mol. The van der Waals surface area contributed by atoms with Gasteiger partial charge >= 0.3 is 6.09 Å². The first-order chi connectivity index (χ1) is 10.7. The number of ether oxygens (including phenoxy) is 1. The molecule has 0 atom stereocenters. The molecule has 23 heavy (non-hydrogen) atoms. The summed E-state index contributed by atoms with van der Waals surface area (Å²) >= 11 is 0. The van der Waals surface area contributed by atoms with Crippen molar-refractivity contribution < 1.29 is 13.9 Å². The minimum atomic E-state index is -0.595. The first kappa shape index (κ1) is 16.9. The van der Waals surface area contributed by atoms with Crippen molar-refractivity contribution in [2.45, 2.75) is 32.9 Å². The fourth-order valence-electron chi connectivity index (χ4n) is 2.05. The Morgan fingerprint density at radius 3 is 2.61 bits per heavy atom. The first-order valence-electron chi connectivity index (χ1n) is 7.37. The largest absolute Gasteiger partial charge is 0.444 e. The number of nitrogens with one attached hydrogen (secondary N) is 2. The zero-order valence-electron chi connectivity index (χ0n) is 13.8. The smallest absolute Gasteiger partial charge is 0.412 e. The van der Waals surface area contributed by atoms with Crippen LogP contribution in [0.3, 0.4) is 0 Å². The van der Waals surface area contributed by atoms with Crippen LogP contribution in [0.5, 0.6) is 0 Å². The maximum Gasteiger partial charge on any atom is 0.412 e. The number of halogens is 1. The van der Waals surface area contributed by atoms with E-state index in [-0.39, 0.29) is 5.82 Å². The second kappa shape index (κ2) is 6.73. The van der Waals surface area contributed by atoms with E-state index in [1.54, 1.807) is 20.8 Å². The van der Waals surface area contributed by atoms with E-state index in [2.05, 4.69) is 10.6 Å². The third kappa shape index (κ3) is 5.32. The monoisotopic (exact) mass is 319 g/mol. The van der Waals surface area contributed by atoms with Crippen molar-refractivity contribution in [3.8, 4) is 0 Å². The van der Waals surface area contributed by atoms with Crippen LogP contribution in [0.25, 0.3) is 0 Å². The lowest BCUT2D eigenvalue weighted by atomic mass is 10.2. The lowest BCUT2D eigenvalue weighted by Crippen LogP contribution is -2.27. The SMILES string of the molecule is Cn1ccc(CNc2cc(F)ccc2NC(=O)OC(C)(C)C)c1. The summed E-state index contributed by atoms with van der Waals surface area (Å²) in [5.74, 6) is -0.379. The van der Waals surface area contributed by atoms with Gasteiger partial charge in [0.15, 0.2) is 0 Å². The average molecular weight is 319 g/mol. The van der Waals surface area contributed by atoms with E-state index in [4.69, 9.17) is 4.74 Å². The Labute approximate surface area is 135 Å². The van der Waals surface area contributed by atoms with Crippen molar-refractivity contribution in [1.82, 2.24) is 4.57 Å². The second-order valence-electron chi connectivity index (χ2n) is 6.36. The number of hydrogen-bond donors (Lipinski definition) is 2. The number of hydrogen-bond acceptors (Lipinski definition) is 3. The van der Waals surface area contributed by atoms with Gasteiger partial charge in [0.05, 0.1) is 11.4 Å². The van der Waals surface area contributed by atoms with E-state index in [0.29, 0.717) is 17.9 Å². The second-order valence-corrected chi connectivity index (χ2v) is 6.36.